The summed E-state index contributed by atoms with van der Waals surface area (Å²) in [5.74, 6) is 0. The smallest absolute Gasteiger partial charge is 0.0896 e. The lowest BCUT2D eigenvalue weighted by Crippen LogP contribution is -2.13. The number of nitrogens with zero attached hydrogens (tertiary/aromatic N) is 2. The predicted molar refractivity (Wildman–Crippen MR) is 75.7 cm³/mol. The fraction of sp³-hybridized carbons (Fsp3) is 0.250. The molecule has 0 aliphatic rings. The van der Waals surface area contributed by atoms with E-state index in [-0.39, 0.29) is 5.41 Å². The van der Waals surface area contributed by atoms with E-state index >= 15 is 0 Å². The van der Waals surface area contributed by atoms with Crippen LogP contribution in [0.15, 0.2) is 42.6 Å². The van der Waals surface area contributed by atoms with Crippen LogP contribution in [0.1, 0.15) is 26.5 Å². The number of hydrogen-bond acceptors (Lipinski definition) is 2. The van der Waals surface area contributed by atoms with Gasteiger partial charge in [-0.3, -0.25) is 4.98 Å². The lowest BCUT2D eigenvalue weighted by atomic mass is 9.92. The predicted octanol–water partition coefficient (Wildman–Crippen LogP) is 4.08. The van der Waals surface area contributed by atoms with Crippen molar-refractivity contribution in [3.63, 3.8) is 0 Å². The molecule has 0 saturated heterocycles. The third-order valence-electron chi connectivity index (χ3n) is 3.18. The summed E-state index contributed by atoms with van der Waals surface area (Å²) in [7, 11) is 0. The molecule has 18 heavy (non-hydrogen) atoms. The molecule has 0 saturated carbocycles. The molecule has 0 aliphatic heterocycles. The fourth-order valence-corrected chi connectivity index (χ4v) is 2.06. The molecule has 0 amide bonds. The average Bonchev–Trinajstić information content (AvgIpc) is 2.34. The topological polar surface area (TPSA) is 25.8 Å². The Morgan fingerprint density at radius 1 is 0.889 bits per heavy atom. The van der Waals surface area contributed by atoms with Gasteiger partial charge in [0.1, 0.15) is 0 Å². The first-order chi connectivity index (χ1) is 8.54. The van der Waals surface area contributed by atoms with Gasteiger partial charge in [0.2, 0.25) is 0 Å². The normalized spacial score (nSPS) is 12.2. The zero-order valence-corrected chi connectivity index (χ0v) is 10.9. The van der Waals surface area contributed by atoms with E-state index in [0.29, 0.717) is 0 Å². The van der Waals surface area contributed by atoms with Crippen molar-refractivity contribution in [1.29, 1.82) is 0 Å². The molecule has 2 nitrogen and oxygen atoms in total. The first kappa shape index (κ1) is 11.1. The van der Waals surface area contributed by atoms with Gasteiger partial charge in [-0.05, 0) is 22.9 Å². The Morgan fingerprint density at radius 2 is 1.50 bits per heavy atom. The minimum absolute atomic E-state index is 0.0346. The second kappa shape index (κ2) is 3.77. The highest BCUT2D eigenvalue weighted by Crippen LogP contribution is 2.24. The highest BCUT2D eigenvalue weighted by Gasteiger charge is 2.16. The third-order valence-corrected chi connectivity index (χ3v) is 3.18. The van der Waals surface area contributed by atoms with Crippen molar-refractivity contribution < 1.29 is 0 Å². The van der Waals surface area contributed by atoms with E-state index in [1.807, 2.05) is 12.3 Å². The van der Waals surface area contributed by atoms with Crippen molar-refractivity contribution in [2.24, 2.45) is 0 Å². The van der Waals surface area contributed by atoms with E-state index in [9.17, 15) is 0 Å². The molecule has 0 radical (unpaired) electrons. The highest BCUT2D eigenvalue weighted by atomic mass is 14.8. The van der Waals surface area contributed by atoms with Crippen molar-refractivity contribution in [3.05, 3.63) is 48.3 Å². The van der Waals surface area contributed by atoms with Gasteiger partial charge in [-0.25, -0.2) is 4.98 Å². The van der Waals surface area contributed by atoms with Gasteiger partial charge in [0.15, 0.2) is 0 Å². The summed E-state index contributed by atoms with van der Waals surface area (Å²) in [6.45, 7) is 6.47. The standard InChI is InChI=1S/C16H16N2/c1-16(2,3)15-10-17-13-8-11-6-4-5-7-12(11)9-14(13)18-15/h4-10H,1-3H3. The second-order valence-electron chi connectivity index (χ2n) is 5.69. The van der Waals surface area contributed by atoms with Gasteiger partial charge in [0.25, 0.3) is 0 Å². The molecule has 0 bridgehead atoms. The molecule has 1 heterocycles. The van der Waals surface area contributed by atoms with Crippen LogP contribution in [0.3, 0.4) is 0 Å². The Balaban J connectivity index is 2.31. The molecular weight excluding hydrogens is 220 g/mol. The Kier molecular flexibility index (Phi) is 2.34. The quantitative estimate of drug-likeness (QED) is 0.550. The first-order valence-corrected chi connectivity index (χ1v) is 6.20. The maximum atomic E-state index is 4.73. The first-order valence-electron chi connectivity index (χ1n) is 6.20. The number of hydrogen-bond donors (Lipinski definition) is 0. The summed E-state index contributed by atoms with van der Waals surface area (Å²) < 4.78 is 0. The van der Waals surface area contributed by atoms with E-state index in [2.05, 4.69) is 56.1 Å². The molecule has 3 rings (SSSR count). The summed E-state index contributed by atoms with van der Waals surface area (Å²) >= 11 is 0. The van der Waals surface area contributed by atoms with Gasteiger partial charge in [-0.2, -0.15) is 0 Å². The van der Waals surface area contributed by atoms with E-state index < -0.39 is 0 Å². The van der Waals surface area contributed by atoms with E-state index in [1.165, 1.54) is 10.8 Å². The maximum Gasteiger partial charge on any atom is 0.0896 e. The number of benzene rings is 2. The van der Waals surface area contributed by atoms with Gasteiger partial charge < -0.3 is 0 Å². The highest BCUT2D eigenvalue weighted by molar-refractivity contribution is 5.94. The Hall–Kier alpha value is -1.96. The van der Waals surface area contributed by atoms with Crippen molar-refractivity contribution in [2.75, 3.05) is 0 Å². The molecule has 0 fully saturated rings. The molecule has 0 unspecified atom stereocenters. The van der Waals surface area contributed by atoms with Crippen LogP contribution in [0.4, 0.5) is 0 Å². The van der Waals surface area contributed by atoms with Gasteiger partial charge in [0, 0.05) is 11.6 Å². The molecule has 2 aromatic carbocycles. The van der Waals surface area contributed by atoms with Crippen LogP contribution in [0.5, 0.6) is 0 Å². The van der Waals surface area contributed by atoms with Gasteiger partial charge in [-0.1, -0.05) is 45.0 Å². The largest absolute Gasteiger partial charge is 0.253 e. The van der Waals surface area contributed by atoms with Crippen molar-refractivity contribution in [1.82, 2.24) is 9.97 Å². The SMILES string of the molecule is CC(C)(C)c1cnc2cc3ccccc3cc2n1. The summed E-state index contributed by atoms with van der Waals surface area (Å²) in [4.78, 5) is 9.27. The molecule has 1 aromatic heterocycles. The molecule has 0 aliphatic carbocycles. The molecule has 90 valence electrons. The van der Waals surface area contributed by atoms with Crippen LogP contribution in [0.2, 0.25) is 0 Å². The minimum atomic E-state index is 0.0346. The van der Waals surface area contributed by atoms with E-state index in [4.69, 9.17) is 4.98 Å². The lowest BCUT2D eigenvalue weighted by Gasteiger charge is -2.17. The van der Waals surface area contributed by atoms with E-state index in [0.717, 1.165) is 16.7 Å². The van der Waals surface area contributed by atoms with Crippen LogP contribution in [0.25, 0.3) is 21.8 Å². The Bertz CT molecular complexity index is 724. The second-order valence-corrected chi connectivity index (χ2v) is 5.69. The average molecular weight is 236 g/mol. The molecular formula is C16H16N2. The van der Waals surface area contributed by atoms with E-state index in [1.54, 1.807) is 0 Å². The third kappa shape index (κ3) is 1.84. The Morgan fingerprint density at radius 3 is 2.11 bits per heavy atom. The number of rotatable bonds is 0. The monoisotopic (exact) mass is 236 g/mol. The molecule has 0 atom stereocenters. The lowest BCUT2D eigenvalue weighted by molar-refractivity contribution is 0.569. The van der Waals surface area contributed by atoms with Crippen molar-refractivity contribution >= 4 is 21.8 Å². The van der Waals surface area contributed by atoms with Gasteiger partial charge in [0.05, 0.1) is 16.7 Å². The summed E-state index contributed by atoms with van der Waals surface area (Å²) in [6.07, 6.45) is 1.89. The Labute approximate surface area is 107 Å². The minimum Gasteiger partial charge on any atom is -0.253 e. The van der Waals surface area contributed by atoms with Gasteiger partial charge in [-0.15, -0.1) is 0 Å². The summed E-state index contributed by atoms with van der Waals surface area (Å²) in [5, 5.41) is 2.42. The van der Waals surface area contributed by atoms with Gasteiger partial charge >= 0.3 is 0 Å². The zero-order chi connectivity index (χ0) is 12.8. The molecule has 0 spiro atoms. The number of fused-ring (bicyclic) bond motifs is 2. The van der Waals surface area contributed by atoms with Crippen molar-refractivity contribution in [2.45, 2.75) is 26.2 Å². The zero-order valence-electron chi connectivity index (χ0n) is 10.9. The summed E-state index contributed by atoms with van der Waals surface area (Å²) in [5.41, 5.74) is 3.00. The fourth-order valence-electron chi connectivity index (χ4n) is 2.06. The van der Waals surface area contributed by atoms with Crippen LogP contribution in [-0.2, 0) is 5.41 Å². The summed E-state index contributed by atoms with van der Waals surface area (Å²) in [6, 6.07) is 12.5. The van der Waals surface area contributed by atoms with Crippen LogP contribution < -0.4 is 0 Å². The molecule has 0 N–H and O–H groups in total. The number of aromatic nitrogens is 2. The maximum absolute atomic E-state index is 4.73. The van der Waals surface area contributed by atoms with Crippen LogP contribution in [-0.4, -0.2) is 9.97 Å². The van der Waals surface area contributed by atoms with Crippen LogP contribution in [0, 0.1) is 0 Å². The molecule has 3 aromatic rings. The van der Waals surface area contributed by atoms with Crippen molar-refractivity contribution in [3.8, 4) is 0 Å². The van der Waals surface area contributed by atoms with Crippen LogP contribution >= 0.6 is 0 Å². The molecule has 2 heteroatoms.